The summed E-state index contributed by atoms with van der Waals surface area (Å²) < 4.78 is 10.5. The highest BCUT2D eigenvalue weighted by molar-refractivity contribution is 5.99. The Balaban J connectivity index is 2.32. The van der Waals surface area contributed by atoms with Gasteiger partial charge in [0.15, 0.2) is 0 Å². The van der Waals surface area contributed by atoms with E-state index in [-0.39, 0.29) is 12.3 Å². The highest BCUT2D eigenvalue weighted by atomic mass is 16.5. The van der Waals surface area contributed by atoms with Gasteiger partial charge in [0.1, 0.15) is 11.5 Å². The smallest absolute Gasteiger partial charge is 0.247 e. The van der Waals surface area contributed by atoms with E-state index in [9.17, 15) is 9.59 Å². The topological polar surface area (TPSA) is 96.9 Å². The van der Waals surface area contributed by atoms with Gasteiger partial charge in [0.2, 0.25) is 11.8 Å². The average molecular weight is 320 g/mol. The fraction of sp³-hybridized carbons (Fsp3) is 0.375. The Morgan fingerprint density at radius 2 is 2.13 bits per heavy atom. The van der Waals surface area contributed by atoms with Crippen LogP contribution in [0.5, 0.6) is 11.5 Å². The zero-order valence-corrected chi connectivity index (χ0v) is 13.1. The van der Waals surface area contributed by atoms with Crippen molar-refractivity contribution < 1.29 is 24.3 Å². The van der Waals surface area contributed by atoms with E-state index in [1.54, 1.807) is 25.8 Å². The number of carbonyl (C=O) groups is 2. The molecule has 0 unspecified atom stereocenters. The first-order chi connectivity index (χ1) is 11.1. The minimum Gasteiger partial charge on any atom is -0.497 e. The van der Waals surface area contributed by atoms with Gasteiger partial charge in [-0.05, 0) is 24.5 Å². The Kier molecular flexibility index (Phi) is 5.59. The average Bonchev–Trinajstić information content (AvgIpc) is 2.58. The summed E-state index contributed by atoms with van der Waals surface area (Å²) in [6, 6.07) is 5.47. The number of amides is 2. The molecule has 0 aromatic heterocycles. The molecular formula is C16H20N2O5. The molecule has 0 radical (unpaired) electrons. The van der Waals surface area contributed by atoms with Crippen LogP contribution in [0.2, 0.25) is 0 Å². The van der Waals surface area contributed by atoms with Gasteiger partial charge in [0.25, 0.3) is 0 Å². The van der Waals surface area contributed by atoms with E-state index in [4.69, 9.17) is 14.7 Å². The summed E-state index contributed by atoms with van der Waals surface area (Å²) in [6.45, 7) is 0.525. The van der Waals surface area contributed by atoms with Crippen molar-refractivity contribution in [1.29, 1.82) is 0 Å². The van der Waals surface area contributed by atoms with Crippen LogP contribution in [-0.2, 0) is 16.0 Å². The van der Waals surface area contributed by atoms with Crippen molar-refractivity contribution in [1.82, 2.24) is 10.8 Å². The lowest BCUT2D eigenvalue weighted by Gasteiger charge is -2.21. The zero-order chi connectivity index (χ0) is 16.8. The quantitative estimate of drug-likeness (QED) is 0.536. The molecule has 0 atom stereocenters. The normalized spacial score (nSPS) is 14.3. The molecule has 0 bridgehead atoms. The minimum absolute atomic E-state index is 0.157. The first-order valence-electron chi connectivity index (χ1n) is 7.22. The Morgan fingerprint density at radius 1 is 1.35 bits per heavy atom. The van der Waals surface area contributed by atoms with Crippen LogP contribution >= 0.6 is 0 Å². The predicted octanol–water partition coefficient (Wildman–Crippen LogP) is 0.958. The predicted molar refractivity (Wildman–Crippen MR) is 82.4 cm³/mol. The van der Waals surface area contributed by atoms with Crippen LogP contribution in [0.1, 0.15) is 18.4 Å². The van der Waals surface area contributed by atoms with E-state index >= 15 is 0 Å². The van der Waals surface area contributed by atoms with Gasteiger partial charge in [-0.3, -0.25) is 14.8 Å². The van der Waals surface area contributed by atoms with Crippen LogP contribution < -0.4 is 20.3 Å². The van der Waals surface area contributed by atoms with Gasteiger partial charge >= 0.3 is 0 Å². The fourth-order valence-electron chi connectivity index (χ4n) is 2.57. The van der Waals surface area contributed by atoms with Crippen molar-refractivity contribution in [2.45, 2.75) is 19.3 Å². The molecule has 1 aromatic rings. The van der Waals surface area contributed by atoms with E-state index in [0.717, 1.165) is 11.1 Å². The van der Waals surface area contributed by atoms with Crippen molar-refractivity contribution in [2.75, 3.05) is 20.8 Å². The Bertz CT molecular complexity index is 639. The molecule has 7 heteroatoms. The monoisotopic (exact) mass is 320 g/mol. The van der Waals surface area contributed by atoms with Crippen LogP contribution in [0, 0.1) is 0 Å². The number of rotatable bonds is 6. The maximum atomic E-state index is 12.0. The molecule has 1 aromatic carbocycles. The Hall–Kier alpha value is -2.54. The van der Waals surface area contributed by atoms with Crippen LogP contribution in [0.15, 0.2) is 29.3 Å². The molecule has 124 valence electrons. The van der Waals surface area contributed by atoms with Crippen LogP contribution in [0.3, 0.4) is 0 Å². The maximum absolute atomic E-state index is 12.0. The van der Waals surface area contributed by atoms with Crippen molar-refractivity contribution in [3.63, 3.8) is 0 Å². The lowest BCUT2D eigenvalue weighted by molar-refractivity contribution is -0.129. The van der Waals surface area contributed by atoms with Crippen LogP contribution in [0.4, 0.5) is 0 Å². The molecule has 0 saturated heterocycles. The number of hydrogen-bond acceptors (Lipinski definition) is 5. The van der Waals surface area contributed by atoms with E-state index in [0.29, 0.717) is 36.5 Å². The Morgan fingerprint density at radius 3 is 2.78 bits per heavy atom. The summed E-state index contributed by atoms with van der Waals surface area (Å²) in [5.74, 6) is 0.452. The summed E-state index contributed by atoms with van der Waals surface area (Å²) in [5.41, 5.74) is 3.71. The summed E-state index contributed by atoms with van der Waals surface area (Å²) >= 11 is 0. The second kappa shape index (κ2) is 7.64. The standard InChI is InChI=1S/C16H20N2O5/c1-22-12-4-3-11(14(8-12)23-2)7-10-5-6-17-16(20)13(10)9-15(19)18-21/h3-4,8,21H,5-7,9H2,1-2H3,(H,17,20)(H,18,19). The van der Waals surface area contributed by atoms with Crippen LogP contribution in [-0.4, -0.2) is 37.8 Å². The molecule has 2 amide bonds. The number of methoxy groups -OCH3 is 2. The molecule has 1 aliphatic heterocycles. The molecule has 2 rings (SSSR count). The number of benzene rings is 1. The third-order valence-corrected chi connectivity index (χ3v) is 3.77. The van der Waals surface area contributed by atoms with Crippen molar-refractivity contribution >= 4 is 11.8 Å². The summed E-state index contributed by atoms with van der Waals surface area (Å²) in [7, 11) is 3.15. The number of nitrogens with one attached hydrogen (secondary N) is 2. The summed E-state index contributed by atoms with van der Waals surface area (Å²) in [6.07, 6.45) is 0.986. The number of carbonyl (C=O) groups excluding carboxylic acids is 2. The first kappa shape index (κ1) is 16.8. The molecule has 0 spiro atoms. The lowest BCUT2D eigenvalue weighted by atomic mass is 9.92. The van der Waals surface area contributed by atoms with E-state index in [1.807, 2.05) is 12.1 Å². The molecule has 0 saturated carbocycles. The molecule has 23 heavy (non-hydrogen) atoms. The van der Waals surface area contributed by atoms with Gasteiger partial charge in [-0.1, -0.05) is 11.6 Å². The first-order valence-corrected chi connectivity index (χ1v) is 7.22. The van der Waals surface area contributed by atoms with Crippen LogP contribution in [0.25, 0.3) is 0 Å². The number of hydroxylamine groups is 1. The second-order valence-electron chi connectivity index (χ2n) is 5.15. The molecule has 1 heterocycles. The van der Waals surface area contributed by atoms with E-state index < -0.39 is 5.91 Å². The van der Waals surface area contributed by atoms with Gasteiger partial charge in [-0.2, -0.15) is 0 Å². The highest BCUT2D eigenvalue weighted by Gasteiger charge is 2.23. The minimum atomic E-state index is -0.615. The van der Waals surface area contributed by atoms with Gasteiger partial charge in [0, 0.05) is 18.2 Å². The van der Waals surface area contributed by atoms with Crippen molar-refractivity contribution in [3.8, 4) is 11.5 Å². The molecule has 3 N–H and O–H groups in total. The molecule has 1 aliphatic rings. The van der Waals surface area contributed by atoms with Crippen molar-refractivity contribution in [2.24, 2.45) is 0 Å². The van der Waals surface area contributed by atoms with E-state index in [1.165, 1.54) is 0 Å². The highest BCUT2D eigenvalue weighted by Crippen LogP contribution is 2.29. The molecule has 0 aliphatic carbocycles. The van der Waals surface area contributed by atoms with Gasteiger partial charge in [-0.25, -0.2) is 5.48 Å². The van der Waals surface area contributed by atoms with Gasteiger partial charge < -0.3 is 14.8 Å². The molecule has 7 nitrogen and oxygen atoms in total. The molecular weight excluding hydrogens is 300 g/mol. The number of ether oxygens (including phenoxy) is 2. The van der Waals surface area contributed by atoms with E-state index in [2.05, 4.69) is 5.32 Å². The lowest BCUT2D eigenvalue weighted by Crippen LogP contribution is -2.34. The van der Waals surface area contributed by atoms with Crippen molar-refractivity contribution in [3.05, 3.63) is 34.9 Å². The second-order valence-corrected chi connectivity index (χ2v) is 5.15. The summed E-state index contributed by atoms with van der Waals surface area (Å²) in [5, 5.41) is 11.4. The largest absolute Gasteiger partial charge is 0.497 e. The summed E-state index contributed by atoms with van der Waals surface area (Å²) in [4.78, 5) is 23.4. The third kappa shape index (κ3) is 4.01. The number of hydrogen-bond donors (Lipinski definition) is 3. The Labute approximate surface area is 134 Å². The zero-order valence-electron chi connectivity index (χ0n) is 13.1. The molecule has 0 fully saturated rings. The van der Waals surface area contributed by atoms with Gasteiger partial charge in [-0.15, -0.1) is 0 Å². The fourth-order valence-corrected chi connectivity index (χ4v) is 2.57. The third-order valence-electron chi connectivity index (χ3n) is 3.77. The van der Waals surface area contributed by atoms with Gasteiger partial charge in [0.05, 0.1) is 20.6 Å². The maximum Gasteiger partial charge on any atom is 0.247 e. The SMILES string of the molecule is COc1ccc(CC2=C(CC(=O)NO)C(=O)NCC2)c(OC)c1.